The first-order chi connectivity index (χ1) is 12.7. The van der Waals surface area contributed by atoms with E-state index in [1.54, 1.807) is 0 Å². The van der Waals surface area contributed by atoms with Crippen molar-refractivity contribution in [1.29, 1.82) is 0 Å². The Labute approximate surface area is 150 Å². The van der Waals surface area contributed by atoms with E-state index in [4.69, 9.17) is 5.11 Å². The molecule has 0 radical (unpaired) electrons. The molecule has 0 bridgehead atoms. The van der Waals surface area contributed by atoms with Crippen molar-refractivity contribution in [3.05, 3.63) is 72.9 Å². The van der Waals surface area contributed by atoms with Crippen molar-refractivity contribution in [3.8, 4) is 5.75 Å². The van der Waals surface area contributed by atoms with Crippen LogP contribution in [0.4, 0.5) is 17.1 Å². The van der Waals surface area contributed by atoms with E-state index < -0.39 is 37.6 Å². The number of phenols is 1. The van der Waals surface area contributed by atoms with Crippen LogP contribution < -0.4 is 0 Å². The first-order valence-corrected chi connectivity index (χ1v) is 7.47. The number of nitro benzene ring substituents is 3. The molecule has 0 atom stereocenters. The molecular weight excluding hydrogens is 362 g/mol. The first-order valence-electron chi connectivity index (χ1n) is 7.47. The summed E-state index contributed by atoms with van der Waals surface area (Å²) >= 11 is 0. The van der Waals surface area contributed by atoms with Gasteiger partial charge in [-0.1, -0.05) is 18.2 Å². The topological polar surface area (TPSA) is 167 Å². The van der Waals surface area contributed by atoms with E-state index in [1.165, 1.54) is 5.39 Å². The molecule has 1 N–H and O–H groups in total. The lowest BCUT2D eigenvalue weighted by atomic mass is 10.2. The van der Waals surface area contributed by atoms with Crippen LogP contribution in [0.15, 0.2) is 42.6 Å². The van der Waals surface area contributed by atoms with Crippen molar-refractivity contribution in [3.63, 3.8) is 0 Å². The molecular formula is C15H13N5O7. The van der Waals surface area contributed by atoms with Crippen LogP contribution in [0.25, 0.3) is 10.9 Å². The summed E-state index contributed by atoms with van der Waals surface area (Å²) in [4.78, 5) is 27.8. The lowest BCUT2D eigenvalue weighted by Crippen LogP contribution is -1.97. The summed E-state index contributed by atoms with van der Waals surface area (Å²) in [5, 5.41) is 45.8. The van der Waals surface area contributed by atoms with Gasteiger partial charge in [-0.3, -0.25) is 35.0 Å². The first kappa shape index (κ1) is 19.2. The summed E-state index contributed by atoms with van der Waals surface area (Å²) in [6.45, 7) is 3.03. The molecule has 0 saturated carbocycles. The Hall–Kier alpha value is -4.09. The number of nitrogens with zero attached hydrogens (tertiary/aromatic N) is 5. The van der Waals surface area contributed by atoms with Crippen LogP contribution in [0.5, 0.6) is 5.75 Å². The van der Waals surface area contributed by atoms with E-state index in [0.717, 1.165) is 12.1 Å². The van der Waals surface area contributed by atoms with E-state index in [2.05, 4.69) is 24.3 Å². The van der Waals surface area contributed by atoms with Gasteiger partial charge in [0, 0.05) is 18.1 Å². The molecule has 0 aliphatic carbocycles. The molecule has 3 aromatic rings. The number of fused-ring (bicyclic) bond motifs is 1. The summed E-state index contributed by atoms with van der Waals surface area (Å²) in [6.07, 6.45) is 2.06. The fourth-order valence-corrected chi connectivity index (χ4v) is 2.15. The normalized spacial score (nSPS) is 10.1. The number of hydrogen-bond acceptors (Lipinski definition) is 8. The van der Waals surface area contributed by atoms with Gasteiger partial charge < -0.3 is 5.11 Å². The Morgan fingerprint density at radius 3 is 2.00 bits per heavy atom. The standard InChI is InChI=1S/C9H10N2.C6H3N3O7/c1-2-11-7-8-5-3-4-6-9(8)10-11;10-6-4(8(13)14)1-3(7(11)12)2-5(6)9(15)16/h3-7H,2H2,1H3;1-2,10H. The van der Waals surface area contributed by atoms with Crippen molar-refractivity contribution in [2.75, 3.05) is 0 Å². The summed E-state index contributed by atoms with van der Waals surface area (Å²) < 4.78 is 1.95. The molecule has 140 valence electrons. The van der Waals surface area contributed by atoms with E-state index in [0.29, 0.717) is 12.1 Å². The zero-order valence-corrected chi connectivity index (χ0v) is 13.9. The van der Waals surface area contributed by atoms with E-state index in [-0.39, 0.29) is 0 Å². The fraction of sp³-hybridized carbons (Fsp3) is 0.133. The van der Waals surface area contributed by atoms with Crippen LogP contribution in [0.2, 0.25) is 0 Å². The van der Waals surface area contributed by atoms with Crippen molar-refractivity contribution < 1.29 is 19.9 Å². The van der Waals surface area contributed by atoms with Crippen LogP contribution in [0.3, 0.4) is 0 Å². The third kappa shape index (κ3) is 4.31. The third-order valence-electron chi connectivity index (χ3n) is 3.44. The highest BCUT2D eigenvalue weighted by molar-refractivity contribution is 5.77. The zero-order chi connectivity index (χ0) is 20.1. The second-order valence-corrected chi connectivity index (χ2v) is 5.15. The molecule has 0 fully saturated rings. The summed E-state index contributed by atoms with van der Waals surface area (Å²) in [7, 11) is 0. The molecule has 3 rings (SSSR count). The molecule has 0 unspecified atom stereocenters. The lowest BCUT2D eigenvalue weighted by molar-refractivity contribution is -0.404. The molecule has 0 saturated heterocycles. The maximum Gasteiger partial charge on any atom is 0.324 e. The largest absolute Gasteiger partial charge is 0.497 e. The fourth-order valence-electron chi connectivity index (χ4n) is 2.15. The second kappa shape index (κ2) is 7.86. The van der Waals surface area contributed by atoms with Gasteiger partial charge in [-0.25, -0.2) is 0 Å². The van der Waals surface area contributed by atoms with Gasteiger partial charge in [-0.05, 0) is 13.0 Å². The zero-order valence-electron chi connectivity index (χ0n) is 13.9. The maximum absolute atomic E-state index is 10.4. The molecule has 12 nitrogen and oxygen atoms in total. The number of hydrogen-bond donors (Lipinski definition) is 1. The minimum absolute atomic E-state index is 0.447. The molecule has 12 heteroatoms. The van der Waals surface area contributed by atoms with Crippen molar-refractivity contribution in [2.24, 2.45) is 0 Å². The van der Waals surface area contributed by atoms with E-state index in [1.807, 2.05) is 22.9 Å². The number of aromatic hydroxyl groups is 1. The minimum Gasteiger partial charge on any atom is -0.497 e. The van der Waals surface area contributed by atoms with Gasteiger partial charge in [0.05, 0.1) is 32.4 Å². The van der Waals surface area contributed by atoms with Crippen molar-refractivity contribution in [2.45, 2.75) is 13.5 Å². The van der Waals surface area contributed by atoms with E-state index >= 15 is 0 Å². The van der Waals surface area contributed by atoms with Crippen LogP contribution in [-0.4, -0.2) is 29.7 Å². The van der Waals surface area contributed by atoms with Crippen LogP contribution in [-0.2, 0) is 6.54 Å². The average molecular weight is 375 g/mol. The highest BCUT2D eigenvalue weighted by Crippen LogP contribution is 2.38. The molecule has 1 aromatic heterocycles. The predicted octanol–water partition coefficient (Wildman–Crippen LogP) is 3.17. The predicted molar refractivity (Wildman–Crippen MR) is 93.5 cm³/mol. The van der Waals surface area contributed by atoms with Gasteiger partial charge in [0.15, 0.2) is 0 Å². The van der Waals surface area contributed by atoms with Crippen LogP contribution >= 0.6 is 0 Å². The minimum atomic E-state index is -1.21. The Balaban J connectivity index is 0.000000206. The number of aromatic nitrogens is 2. The van der Waals surface area contributed by atoms with Gasteiger partial charge in [-0.15, -0.1) is 0 Å². The number of nitro groups is 3. The molecule has 1 heterocycles. The molecule has 0 aliphatic heterocycles. The van der Waals surface area contributed by atoms with Gasteiger partial charge in [0.25, 0.3) is 11.4 Å². The van der Waals surface area contributed by atoms with Crippen molar-refractivity contribution in [1.82, 2.24) is 9.78 Å². The number of phenolic OH excluding ortho intramolecular Hbond substituents is 1. The molecule has 27 heavy (non-hydrogen) atoms. The van der Waals surface area contributed by atoms with Gasteiger partial charge >= 0.3 is 11.4 Å². The van der Waals surface area contributed by atoms with Gasteiger partial charge in [0.2, 0.25) is 0 Å². The number of rotatable bonds is 4. The highest BCUT2D eigenvalue weighted by Gasteiger charge is 2.30. The van der Waals surface area contributed by atoms with Gasteiger partial charge in [0.1, 0.15) is 0 Å². The SMILES string of the molecule is CCn1cc2ccccc2n1.O=[N+]([O-])c1cc([N+](=O)[O-])c(O)c([N+](=O)[O-])c1. The van der Waals surface area contributed by atoms with Crippen molar-refractivity contribution >= 4 is 28.0 Å². The number of benzene rings is 2. The Bertz CT molecular complexity index is 962. The smallest absolute Gasteiger partial charge is 0.324 e. The number of aryl methyl sites for hydroxylation is 1. The summed E-state index contributed by atoms with van der Waals surface area (Å²) in [5.41, 5.74) is -1.92. The number of non-ortho nitro benzene ring substituents is 1. The highest BCUT2D eigenvalue weighted by atomic mass is 16.6. The molecule has 0 amide bonds. The summed E-state index contributed by atoms with van der Waals surface area (Å²) in [5.74, 6) is -1.21. The molecule has 0 spiro atoms. The Morgan fingerprint density at radius 1 is 1.00 bits per heavy atom. The molecule has 2 aromatic carbocycles. The monoisotopic (exact) mass is 375 g/mol. The summed E-state index contributed by atoms with van der Waals surface area (Å²) in [6, 6.07) is 9.04. The average Bonchev–Trinajstić information content (AvgIpc) is 3.05. The third-order valence-corrected chi connectivity index (χ3v) is 3.44. The van der Waals surface area contributed by atoms with Crippen LogP contribution in [0, 0.1) is 30.3 Å². The van der Waals surface area contributed by atoms with E-state index in [9.17, 15) is 30.3 Å². The molecule has 0 aliphatic rings. The quantitative estimate of drug-likeness (QED) is 0.535. The maximum atomic E-state index is 10.4. The van der Waals surface area contributed by atoms with Gasteiger partial charge in [-0.2, -0.15) is 5.10 Å². The Morgan fingerprint density at radius 2 is 1.56 bits per heavy atom. The second-order valence-electron chi connectivity index (χ2n) is 5.15. The lowest BCUT2D eigenvalue weighted by Gasteiger charge is -1.97. The Kier molecular flexibility index (Phi) is 5.60. The van der Waals surface area contributed by atoms with Crippen LogP contribution in [0.1, 0.15) is 6.92 Å².